The van der Waals surface area contributed by atoms with E-state index < -0.39 is 6.04 Å². The quantitative estimate of drug-likeness (QED) is 0.683. The SMILES string of the molecule is CCCNC(=O)[C@H](C)NC(=O)c1ccc(OCc2c(C)noc2C)c(OC)c1. The lowest BCUT2D eigenvalue weighted by molar-refractivity contribution is -0.122. The standard InChI is InChI=1S/C20H27N3O5/c1-6-9-21-19(24)13(3)22-20(25)15-7-8-17(18(10-15)26-5)27-11-16-12(2)23-28-14(16)4/h7-8,10,13H,6,9,11H2,1-5H3,(H,21,24)(H,22,25)/t13-/m0/s1. The Bertz CT molecular complexity index is 812. The molecule has 0 bridgehead atoms. The van der Waals surface area contributed by atoms with Gasteiger partial charge >= 0.3 is 0 Å². The largest absolute Gasteiger partial charge is 0.493 e. The molecule has 8 heteroatoms. The van der Waals surface area contributed by atoms with Gasteiger partial charge < -0.3 is 24.6 Å². The van der Waals surface area contributed by atoms with E-state index >= 15 is 0 Å². The van der Waals surface area contributed by atoms with Crippen LogP contribution in [0.3, 0.4) is 0 Å². The maximum Gasteiger partial charge on any atom is 0.252 e. The number of rotatable bonds is 9. The van der Waals surface area contributed by atoms with Crippen molar-refractivity contribution >= 4 is 11.8 Å². The second kappa shape index (κ2) is 9.77. The van der Waals surface area contributed by atoms with E-state index in [1.807, 2.05) is 20.8 Å². The maximum atomic E-state index is 12.4. The normalized spacial score (nSPS) is 11.6. The number of amides is 2. The molecule has 28 heavy (non-hydrogen) atoms. The molecule has 0 saturated heterocycles. The minimum atomic E-state index is -0.638. The van der Waals surface area contributed by atoms with Gasteiger partial charge in [0.1, 0.15) is 18.4 Å². The number of ether oxygens (including phenoxy) is 2. The Hall–Kier alpha value is -3.03. The van der Waals surface area contributed by atoms with Crippen molar-refractivity contribution in [1.29, 1.82) is 0 Å². The van der Waals surface area contributed by atoms with Gasteiger partial charge in [0.2, 0.25) is 5.91 Å². The predicted molar refractivity (Wildman–Crippen MR) is 104 cm³/mol. The van der Waals surface area contributed by atoms with Crippen molar-refractivity contribution in [1.82, 2.24) is 15.8 Å². The van der Waals surface area contributed by atoms with Crippen LogP contribution in [-0.4, -0.2) is 36.7 Å². The van der Waals surface area contributed by atoms with Gasteiger partial charge in [0.05, 0.1) is 18.4 Å². The topological polar surface area (TPSA) is 103 Å². The number of carbonyl (C=O) groups is 2. The van der Waals surface area contributed by atoms with E-state index in [1.165, 1.54) is 7.11 Å². The van der Waals surface area contributed by atoms with Crippen LogP contribution in [-0.2, 0) is 11.4 Å². The molecule has 0 spiro atoms. The zero-order valence-electron chi connectivity index (χ0n) is 16.9. The van der Waals surface area contributed by atoms with Gasteiger partial charge in [-0.1, -0.05) is 12.1 Å². The number of aryl methyl sites for hydroxylation is 2. The summed E-state index contributed by atoms with van der Waals surface area (Å²) in [4.78, 5) is 24.4. The average Bonchev–Trinajstić information content (AvgIpc) is 3.01. The Morgan fingerprint density at radius 3 is 2.61 bits per heavy atom. The van der Waals surface area contributed by atoms with Crippen LogP contribution in [0.5, 0.6) is 11.5 Å². The Balaban J connectivity index is 2.05. The summed E-state index contributed by atoms with van der Waals surface area (Å²) in [5, 5.41) is 9.32. The number of benzene rings is 1. The molecule has 152 valence electrons. The third-order valence-corrected chi connectivity index (χ3v) is 4.27. The van der Waals surface area contributed by atoms with Crippen LogP contribution < -0.4 is 20.1 Å². The Morgan fingerprint density at radius 1 is 1.25 bits per heavy atom. The van der Waals surface area contributed by atoms with Crippen molar-refractivity contribution in [3.05, 3.63) is 40.8 Å². The third-order valence-electron chi connectivity index (χ3n) is 4.27. The fourth-order valence-corrected chi connectivity index (χ4v) is 2.53. The van der Waals surface area contributed by atoms with Crippen LogP contribution in [0, 0.1) is 13.8 Å². The number of methoxy groups -OCH3 is 1. The second-order valence-electron chi connectivity index (χ2n) is 6.44. The summed E-state index contributed by atoms with van der Waals surface area (Å²) in [5.41, 5.74) is 2.01. The van der Waals surface area contributed by atoms with E-state index in [0.29, 0.717) is 29.4 Å². The van der Waals surface area contributed by atoms with Crippen LogP contribution in [0.1, 0.15) is 47.6 Å². The molecule has 0 fully saturated rings. The summed E-state index contributed by atoms with van der Waals surface area (Å²) >= 11 is 0. The van der Waals surface area contributed by atoms with Crippen LogP contribution in [0.4, 0.5) is 0 Å². The minimum absolute atomic E-state index is 0.221. The molecular formula is C20H27N3O5. The first kappa shape index (κ1) is 21.3. The predicted octanol–water partition coefficient (Wildman–Crippen LogP) is 2.52. The minimum Gasteiger partial charge on any atom is -0.493 e. The highest BCUT2D eigenvalue weighted by Crippen LogP contribution is 2.29. The van der Waals surface area contributed by atoms with Crippen LogP contribution in [0.25, 0.3) is 0 Å². The van der Waals surface area contributed by atoms with Gasteiger partial charge in [0.25, 0.3) is 5.91 Å². The van der Waals surface area contributed by atoms with Crippen LogP contribution >= 0.6 is 0 Å². The lowest BCUT2D eigenvalue weighted by atomic mass is 10.1. The highest BCUT2D eigenvalue weighted by Gasteiger charge is 2.18. The first-order valence-electron chi connectivity index (χ1n) is 9.18. The summed E-state index contributed by atoms with van der Waals surface area (Å²) in [6, 6.07) is 4.22. The fraction of sp³-hybridized carbons (Fsp3) is 0.450. The van der Waals surface area contributed by atoms with Crippen molar-refractivity contribution in [2.24, 2.45) is 0 Å². The summed E-state index contributed by atoms with van der Waals surface area (Å²) in [7, 11) is 1.50. The molecular weight excluding hydrogens is 362 g/mol. The van der Waals surface area contributed by atoms with Gasteiger partial charge in [0, 0.05) is 12.1 Å². The molecule has 8 nitrogen and oxygen atoms in total. The molecule has 0 unspecified atom stereocenters. The molecule has 0 aliphatic rings. The van der Waals surface area contributed by atoms with E-state index in [2.05, 4.69) is 15.8 Å². The van der Waals surface area contributed by atoms with Crippen molar-refractivity contribution < 1.29 is 23.6 Å². The smallest absolute Gasteiger partial charge is 0.252 e. The second-order valence-corrected chi connectivity index (χ2v) is 6.44. The van der Waals surface area contributed by atoms with Crippen molar-refractivity contribution in [2.45, 2.75) is 46.8 Å². The number of hydrogen-bond donors (Lipinski definition) is 2. The molecule has 1 atom stereocenters. The van der Waals surface area contributed by atoms with E-state index in [9.17, 15) is 9.59 Å². The highest BCUT2D eigenvalue weighted by molar-refractivity contribution is 5.97. The summed E-state index contributed by atoms with van der Waals surface area (Å²) in [5.74, 6) is 1.02. The first-order valence-corrected chi connectivity index (χ1v) is 9.18. The Morgan fingerprint density at radius 2 is 2.00 bits per heavy atom. The van der Waals surface area contributed by atoms with E-state index in [0.717, 1.165) is 17.7 Å². The van der Waals surface area contributed by atoms with E-state index in [-0.39, 0.29) is 18.4 Å². The number of aromatic nitrogens is 1. The van der Waals surface area contributed by atoms with Gasteiger partial charge in [-0.25, -0.2) is 0 Å². The number of nitrogens with zero attached hydrogens (tertiary/aromatic N) is 1. The molecule has 0 aliphatic heterocycles. The van der Waals surface area contributed by atoms with Gasteiger partial charge in [-0.05, 0) is 45.4 Å². The summed E-state index contributed by atoms with van der Waals surface area (Å²) < 4.78 is 16.3. The van der Waals surface area contributed by atoms with Crippen LogP contribution in [0.2, 0.25) is 0 Å². The van der Waals surface area contributed by atoms with Gasteiger partial charge in [-0.2, -0.15) is 0 Å². The lowest BCUT2D eigenvalue weighted by Gasteiger charge is -2.15. The molecule has 1 aromatic heterocycles. The van der Waals surface area contributed by atoms with E-state index in [4.69, 9.17) is 14.0 Å². The number of carbonyl (C=O) groups excluding carboxylic acids is 2. The zero-order valence-corrected chi connectivity index (χ0v) is 16.9. The summed E-state index contributed by atoms with van der Waals surface area (Å²) in [6.45, 7) is 8.12. The van der Waals surface area contributed by atoms with Gasteiger partial charge in [-0.15, -0.1) is 0 Å². The molecule has 1 heterocycles. The number of nitrogens with one attached hydrogen (secondary N) is 2. The molecule has 2 aromatic rings. The van der Waals surface area contributed by atoms with Crippen molar-refractivity contribution in [3.63, 3.8) is 0 Å². The molecule has 2 rings (SSSR count). The summed E-state index contributed by atoms with van der Waals surface area (Å²) in [6.07, 6.45) is 0.832. The highest BCUT2D eigenvalue weighted by atomic mass is 16.5. The molecule has 0 radical (unpaired) electrons. The first-order chi connectivity index (χ1) is 13.4. The zero-order chi connectivity index (χ0) is 20.7. The Kier molecular flexibility index (Phi) is 7.43. The monoisotopic (exact) mass is 389 g/mol. The maximum absolute atomic E-state index is 12.4. The van der Waals surface area contributed by atoms with E-state index in [1.54, 1.807) is 25.1 Å². The van der Waals surface area contributed by atoms with Gasteiger partial charge in [-0.3, -0.25) is 9.59 Å². The molecule has 2 amide bonds. The van der Waals surface area contributed by atoms with Crippen molar-refractivity contribution in [3.8, 4) is 11.5 Å². The molecule has 1 aromatic carbocycles. The average molecular weight is 389 g/mol. The fourth-order valence-electron chi connectivity index (χ4n) is 2.53. The van der Waals surface area contributed by atoms with Crippen LogP contribution in [0.15, 0.2) is 22.7 Å². The molecule has 0 aliphatic carbocycles. The Labute approximate surface area is 164 Å². The lowest BCUT2D eigenvalue weighted by Crippen LogP contribution is -2.45. The third kappa shape index (κ3) is 5.25. The van der Waals surface area contributed by atoms with Gasteiger partial charge in [0.15, 0.2) is 11.5 Å². The number of hydrogen-bond acceptors (Lipinski definition) is 6. The van der Waals surface area contributed by atoms with Crippen molar-refractivity contribution in [2.75, 3.05) is 13.7 Å². The molecule has 0 saturated carbocycles. The molecule has 2 N–H and O–H groups in total.